The highest BCUT2D eigenvalue weighted by Gasteiger charge is 2.16. The SMILES string of the molecule is CC(C)CC(CO)NC(=O)NC(C)c1cnn(Cc2ccccc2)c1. The van der Waals surface area contributed by atoms with Crippen LogP contribution in [0.4, 0.5) is 4.79 Å². The molecular weight excluding hydrogens is 316 g/mol. The van der Waals surface area contributed by atoms with Gasteiger partial charge >= 0.3 is 6.03 Å². The van der Waals surface area contributed by atoms with Gasteiger partial charge in [0, 0.05) is 11.8 Å². The van der Waals surface area contributed by atoms with Gasteiger partial charge in [0.2, 0.25) is 0 Å². The van der Waals surface area contributed by atoms with Crippen molar-refractivity contribution in [3.05, 3.63) is 53.9 Å². The van der Waals surface area contributed by atoms with E-state index >= 15 is 0 Å². The molecule has 6 heteroatoms. The number of aliphatic hydroxyl groups is 1. The molecule has 136 valence electrons. The molecule has 3 N–H and O–H groups in total. The number of carbonyl (C=O) groups excluding carboxylic acids is 1. The van der Waals surface area contributed by atoms with Crippen LogP contribution in [0, 0.1) is 5.92 Å². The summed E-state index contributed by atoms with van der Waals surface area (Å²) in [5.41, 5.74) is 2.12. The van der Waals surface area contributed by atoms with Crippen molar-refractivity contribution in [1.82, 2.24) is 20.4 Å². The number of urea groups is 1. The standard InChI is InChI=1S/C19H28N4O2/c1-14(2)9-18(13-24)22-19(25)21-15(3)17-10-20-23(12-17)11-16-7-5-4-6-8-16/h4-8,10,12,14-15,18,24H,9,11,13H2,1-3H3,(H2,21,22,25). The van der Waals surface area contributed by atoms with Crippen molar-refractivity contribution < 1.29 is 9.90 Å². The number of benzene rings is 1. The van der Waals surface area contributed by atoms with E-state index in [9.17, 15) is 9.90 Å². The molecule has 0 spiro atoms. The number of aliphatic hydroxyl groups excluding tert-OH is 1. The predicted molar refractivity (Wildman–Crippen MR) is 98.2 cm³/mol. The quantitative estimate of drug-likeness (QED) is 0.689. The smallest absolute Gasteiger partial charge is 0.315 e. The second-order valence-electron chi connectivity index (χ2n) is 6.81. The predicted octanol–water partition coefficient (Wildman–Crippen LogP) is 2.70. The molecule has 2 atom stereocenters. The van der Waals surface area contributed by atoms with E-state index in [1.165, 1.54) is 5.56 Å². The minimum absolute atomic E-state index is 0.0605. The first-order valence-electron chi connectivity index (χ1n) is 8.72. The zero-order valence-electron chi connectivity index (χ0n) is 15.1. The van der Waals surface area contributed by atoms with Crippen LogP contribution in [0.15, 0.2) is 42.7 Å². The Kier molecular flexibility index (Phi) is 7.01. The van der Waals surface area contributed by atoms with Crippen LogP contribution in [0.1, 0.15) is 44.4 Å². The molecule has 0 saturated heterocycles. The lowest BCUT2D eigenvalue weighted by molar-refractivity contribution is 0.205. The van der Waals surface area contributed by atoms with Crippen molar-refractivity contribution in [1.29, 1.82) is 0 Å². The van der Waals surface area contributed by atoms with Crippen LogP contribution >= 0.6 is 0 Å². The molecule has 1 heterocycles. The summed E-state index contributed by atoms with van der Waals surface area (Å²) in [6, 6.07) is 9.44. The van der Waals surface area contributed by atoms with Gasteiger partial charge < -0.3 is 15.7 Å². The van der Waals surface area contributed by atoms with Crippen molar-refractivity contribution >= 4 is 6.03 Å². The summed E-state index contributed by atoms with van der Waals surface area (Å²) in [5, 5.41) is 19.4. The molecule has 0 aliphatic carbocycles. The lowest BCUT2D eigenvalue weighted by Gasteiger charge is -2.20. The fourth-order valence-corrected chi connectivity index (χ4v) is 2.72. The van der Waals surface area contributed by atoms with Crippen molar-refractivity contribution in [3.63, 3.8) is 0 Å². The number of nitrogens with zero attached hydrogens (tertiary/aromatic N) is 2. The van der Waals surface area contributed by atoms with Crippen molar-refractivity contribution in [2.24, 2.45) is 5.92 Å². The number of rotatable bonds is 8. The third-order valence-corrected chi connectivity index (χ3v) is 4.00. The highest BCUT2D eigenvalue weighted by Crippen LogP contribution is 2.12. The summed E-state index contributed by atoms with van der Waals surface area (Å²) in [7, 11) is 0. The van der Waals surface area contributed by atoms with Gasteiger partial charge in [0.05, 0.1) is 31.4 Å². The van der Waals surface area contributed by atoms with Crippen molar-refractivity contribution in [2.75, 3.05) is 6.61 Å². The Morgan fingerprint density at radius 2 is 1.92 bits per heavy atom. The summed E-state index contributed by atoms with van der Waals surface area (Å²) in [6.07, 6.45) is 4.45. The molecule has 2 amide bonds. The van der Waals surface area contributed by atoms with E-state index in [2.05, 4.69) is 41.7 Å². The first-order chi connectivity index (χ1) is 12.0. The maximum atomic E-state index is 12.1. The van der Waals surface area contributed by atoms with Crippen LogP contribution in [0.25, 0.3) is 0 Å². The molecule has 0 aliphatic rings. The summed E-state index contributed by atoms with van der Waals surface area (Å²) in [5.74, 6) is 0.408. The molecule has 0 bridgehead atoms. The average molecular weight is 344 g/mol. The molecule has 0 aliphatic heterocycles. The Morgan fingerprint density at radius 3 is 2.56 bits per heavy atom. The van der Waals surface area contributed by atoms with Gasteiger partial charge in [-0.25, -0.2) is 4.79 Å². The Bertz CT molecular complexity index is 654. The fraction of sp³-hybridized carbons (Fsp3) is 0.474. The normalized spacial score (nSPS) is 13.5. The Balaban J connectivity index is 1.88. The van der Waals surface area contributed by atoms with Gasteiger partial charge in [-0.15, -0.1) is 0 Å². The first-order valence-corrected chi connectivity index (χ1v) is 8.72. The first kappa shape index (κ1) is 19.0. The highest BCUT2D eigenvalue weighted by atomic mass is 16.3. The zero-order valence-corrected chi connectivity index (χ0v) is 15.1. The summed E-state index contributed by atoms with van der Waals surface area (Å²) < 4.78 is 1.86. The molecule has 2 aromatic rings. The minimum Gasteiger partial charge on any atom is -0.394 e. The molecule has 25 heavy (non-hydrogen) atoms. The van der Waals surface area contributed by atoms with Crippen LogP contribution in [-0.4, -0.2) is 33.6 Å². The largest absolute Gasteiger partial charge is 0.394 e. The van der Waals surface area contributed by atoms with E-state index in [4.69, 9.17) is 0 Å². The third-order valence-electron chi connectivity index (χ3n) is 4.00. The second kappa shape index (κ2) is 9.22. The molecule has 0 radical (unpaired) electrons. The Hall–Kier alpha value is -2.34. The monoisotopic (exact) mass is 344 g/mol. The highest BCUT2D eigenvalue weighted by molar-refractivity contribution is 5.74. The number of amides is 2. The minimum atomic E-state index is -0.275. The molecule has 2 rings (SSSR count). The van der Waals surface area contributed by atoms with Crippen LogP contribution in [-0.2, 0) is 6.54 Å². The number of aromatic nitrogens is 2. The van der Waals surface area contributed by atoms with Crippen LogP contribution < -0.4 is 10.6 Å². The van der Waals surface area contributed by atoms with Gasteiger partial charge in [-0.05, 0) is 24.8 Å². The number of hydrogen-bond donors (Lipinski definition) is 3. The lowest BCUT2D eigenvalue weighted by atomic mass is 10.0. The van der Waals surface area contributed by atoms with Crippen LogP contribution in [0.3, 0.4) is 0 Å². The maximum Gasteiger partial charge on any atom is 0.315 e. The number of nitrogens with one attached hydrogen (secondary N) is 2. The molecular formula is C19H28N4O2. The van der Waals surface area contributed by atoms with Crippen LogP contribution in [0.2, 0.25) is 0 Å². The lowest BCUT2D eigenvalue weighted by Crippen LogP contribution is -2.45. The van der Waals surface area contributed by atoms with E-state index in [1.54, 1.807) is 6.20 Å². The zero-order chi connectivity index (χ0) is 18.2. The third kappa shape index (κ3) is 6.23. The Labute approximate surface area is 149 Å². The molecule has 6 nitrogen and oxygen atoms in total. The van der Waals surface area contributed by atoms with Gasteiger partial charge in [-0.1, -0.05) is 44.2 Å². The molecule has 0 saturated carbocycles. The van der Waals surface area contributed by atoms with E-state index in [0.29, 0.717) is 12.5 Å². The summed E-state index contributed by atoms with van der Waals surface area (Å²) in [6.45, 7) is 6.67. The molecule has 1 aromatic carbocycles. The van der Waals surface area contributed by atoms with Gasteiger partial charge in [-0.3, -0.25) is 4.68 Å². The van der Waals surface area contributed by atoms with Gasteiger partial charge in [-0.2, -0.15) is 5.10 Å². The van der Waals surface area contributed by atoms with Gasteiger partial charge in [0.1, 0.15) is 0 Å². The molecule has 1 aromatic heterocycles. The maximum absolute atomic E-state index is 12.1. The van der Waals surface area contributed by atoms with Crippen LogP contribution in [0.5, 0.6) is 0 Å². The summed E-state index contributed by atoms with van der Waals surface area (Å²) in [4.78, 5) is 12.1. The summed E-state index contributed by atoms with van der Waals surface area (Å²) >= 11 is 0. The van der Waals surface area contributed by atoms with E-state index in [-0.39, 0.29) is 24.7 Å². The van der Waals surface area contributed by atoms with E-state index in [1.807, 2.05) is 36.0 Å². The Morgan fingerprint density at radius 1 is 1.20 bits per heavy atom. The number of carbonyl (C=O) groups is 1. The van der Waals surface area contributed by atoms with E-state index in [0.717, 1.165) is 12.0 Å². The van der Waals surface area contributed by atoms with Gasteiger partial charge in [0.25, 0.3) is 0 Å². The second-order valence-corrected chi connectivity index (χ2v) is 6.81. The molecule has 0 fully saturated rings. The van der Waals surface area contributed by atoms with E-state index < -0.39 is 0 Å². The van der Waals surface area contributed by atoms with Crippen molar-refractivity contribution in [2.45, 2.75) is 45.8 Å². The topological polar surface area (TPSA) is 79.2 Å². The van der Waals surface area contributed by atoms with Crippen molar-refractivity contribution in [3.8, 4) is 0 Å². The average Bonchev–Trinajstić information content (AvgIpc) is 3.03. The number of hydrogen-bond acceptors (Lipinski definition) is 3. The van der Waals surface area contributed by atoms with Gasteiger partial charge in [0.15, 0.2) is 0 Å². The fourth-order valence-electron chi connectivity index (χ4n) is 2.72. The molecule has 2 unspecified atom stereocenters.